The minimum atomic E-state index is -0.455. The largest absolute Gasteiger partial charge is 0.493 e. The average molecular weight is 458 g/mol. The number of ether oxygens (including phenoxy) is 2. The third-order valence-corrected chi connectivity index (χ3v) is 6.30. The van der Waals surface area contributed by atoms with Crippen molar-refractivity contribution in [2.45, 2.75) is 39.2 Å². The van der Waals surface area contributed by atoms with Gasteiger partial charge in [-0.25, -0.2) is 0 Å². The van der Waals surface area contributed by atoms with E-state index in [0.717, 1.165) is 36.6 Å². The van der Waals surface area contributed by atoms with Crippen LogP contribution in [0.2, 0.25) is 0 Å². The molecule has 0 unspecified atom stereocenters. The number of nitrogens with zero attached hydrogens (tertiary/aromatic N) is 4. The van der Waals surface area contributed by atoms with E-state index < -0.39 is 5.56 Å². The van der Waals surface area contributed by atoms with Crippen molar-refractivity contribution < 1.29 is 14.3 Å². The van der Waals surface area contributed by atoms with E-state index in [4.69, 9.17) is 9.47 Å². The second-order valence-corrected chi connectivity index (χ2v) is 8.50. The number of aromatic nitrogens is 3. The molecule has 0 aliphatic carbocycles. The smallest absolute Gasteiger partial charge is 0.274 e. The summed E-state index contributed by atoms with van der Waals surface area (Å²) in [6, 6.07) is 6.72. The SMILES string of the molecule is CCOc1ccc(CNC(=O)c2cc(=O)nc3sc(N4CCCCCC4)nn23)cc1OC. The Labute approximate surface area is 190 Å². The molecule has 0 radical (unpaired) electrons. The fourth-order valence-electron chi connectivity index (χ4n) is 3.73. The highest BCUT2D eigenvalue weighted by Gasteiger charge is 2.19. The maximum Gasteiger partial charge on any atom is 0.274 e. The Morgan fingerprint density at radius 1 is 1.16 bits per heavy atom. The van der Waals surface area contributed by atoms with Crippen molar-refractivity contribution >= 4 is 27.3 Å². The molecule has 1 aliphatic heterocycles. The van der Waals surface area contributed by atoms with Crippen molar-refractivity contribution in [2.24, 2.45) is 0 Å². The molecule has 10 heteroatoms. The van der Waals surface area contributed by atoms with Gasteiger partial charge in [-0.15, -0.1) is 5.10 Å². The molecule has 0 saturated carbocycles. The molecule has 3 aromatic rings. The Kier molecular flexibility index (Phi) is 6.89. The lowest BCUT2D eigenvalue weighted by atomic mass is 10.2. The van der Waals surface area contributed by atoms with Crippen LogP contribution in [0, 0.1) is 0 Å². The number of rotatable bonds is 7. The van der Waals surface area contributed by atoms with Gasteiger partial charge in [-0.3, -0.25) is 9.59 Å². The predicted octanol–water partition coefficient (Wildman–Crippen LogP) is 2.87. The van der Waals surface area contributed by atoms with E-state index in [1.807, 2.05) is 25.1 Å². The highest BCUT2D eigenvalue weighted by atomic mass is 32.1. The summed E-state index contributed by atoms with van der Waals surface area (Å²) >= 11 is 1.34. The Morgan fingerprint density at radius 3 is 2.66 bits per heavy atom. The first-order valence-corrected chi connectivity index (χ1v) is 11.6. The molecule has 0 bridgehead atoms. The normalized spacial score (nSPS) is 14.2. The standard InChI is InChI=1S/C22H27N5O4S/c1-3-31-17-9-8-15(12-18(17)30-2)14-23-20(29)16-13-19(28)24-21-27(16)25-22(32-21)26-10-6-4-5-7-11-26/h8-9,12-13H,3-7,10-11,14H2,1-2H3,(H,23,29). The number of nitrogens with one attached hydrogen (secondary N) is 1. The minimum Gasteiger partial charge on any atom is -0.493 e. The van der Waals surface area contributed by atoms with E-state index in [-0.39, 0.29) is 18.1 Å². The topological polar surface area (TPSA) is 98.1 Å². The number of benzene rings is 1. The van der Waals surface area contributed by atoms with Gasteiger partial charge < -0.3 is 19.7 Å². The number of fused-ring (bicyclic) bond motifs is 1. The summed E-state index contributed by atoms with van der Waals surface area (Å²) in [6.07, 6.45) is 4.64. The molecule has 170 valence electrons. The van der Waals surface area contributed by atoms with Gasteiger partial charge in [0.15, 0.2) is 11.5 Å². The Bertz CT molecular complexity index is 1150. The van der Waals surface area contributed by atoms with Crippen molar-refractivity contribution in [3.63, 3.8) is 0 Å². The zero-order valence-corrected chi connectivity index (χ0v) is 19.1. The van der Waals surface area contributed by atoms with Crippen LogP contribution in [-0.2, 0) is 6.54 Å². The van der Waals surface area contributed by atoms with Crippen molar-refractivity contribution in [3.05, 3.63) is 45.9 Å². The molecule has 1 aliphatic rings. The third-order valence-electron chi connectivity index (χ3n) is 5.33. The van der Waals surface area contributed by atoms with E-state index >= 15 is 0 Å². The highest BCUT2D eigenvalue weighted by Crippen LogP contribution is 2.28. The van der Waals surface area contributed by atoms with Gasteiger partial charge in [-0.05, 0) is 37.5 Å². The van der Waals surface area contributed by atoms with Gasteiger partial charge in [0.1, 0.15) is 5.69 Å². The molecule has 1 saturated heterocycles. The lowest BCUT2D eigenvalue weighted by Crippen LogP contribution is -2.28. The van der Waals surface area contributed by atoms with Crippen molar-refractivity contribution in [2.75, 3.05) is 31.7 Å². The van der Waals surface area contributed by atoms with Crippen LogP contribution in [0.4, 0.5) is 5.13 Å². The van der Waals surface area contributed by atoms with Crippen LogP contribution in [0.15, 0.2) is 29.1 Å². The predicted molar refractivity (Wildman–Crippen MR) is 123 cm³/mol. The molecular formula is C22H27N5O4S. The number of hydrogen-bond donors (Lipinski definition) is 1. The fraction of sp³-hybridized carbons (Fsp3) is 0.455. The molecule has 32 heavy (non-hydrogen) atoms. The number of carbonyl (C=O) groups is 1. The Hall–Kier alpha value is -3.14. The Morgan fingerprint density at radius 2 is 1.94 bits per heavy atom. The van der Waals surface area contributed by atoms with Crippen molar-refractivity contribution in [3.8, 4) is 11.5 Å². The van der Waals surface area contributed by atoms with Crippen LogP contribution in [0.5, 0.6) is 11.5 Å². The summed E-state index contributed by atoms with van der Waals surface area (Å²) in [5, 5.41) is 8.27. The van der Waals surface area contributed by atoms with Gasteiger partial charge in [0, 0.05) is 25.7 Å². The summed E-state index contributed by atoms with van der Waals surface area (Å²) < 4.78 is 12.4. The monoisotopic (exact) mass is 457 g/mol. The zero-order chi connectivity index (χ0) is 22.5. The molecule has 1 amide bonds. The maximum atomic E-state index is 12.9. The molecule has 4 rings (SSSR count). The average Bonchev–Trinajstić information content (AvgIpc) is 3.03. The molecule has 1 N–H and O–H groups in total. The van der Waals surface area contributed by atoms with Crippen LogP contribution in [-0.4, -0.2) is 47.3 Å². The van der Waals surface area contributed by atoms with Gasteiger partial charge in [0.05, 0.1) is 13.7 Å². The van der Waals surface area contributed by atoms with Crippen LogP contribution < -0.4 is 25.2 Å². The van der Waals surface area contributed by atoms with E-state index in [2.05, 4.69) is 20.3 Å². The second-order valence-electron chi connectivity index (χ2n) is 7.56. The summed E-state index contributed by atoms with van der Waals surface area (Å²) in [7, 11) is 1.57. The quantitative estimate of drug-likeness (QED) is 0.583. The first-order chi connectivity index (χ1) is 15.6. The maximum absolute atomic E-state index is 12.9. The lowest BCUT2D eigenvalue weighted by Gasteiger charge is -2.17. The van der Waals surface area contributed by atoms with E-state index in [1.165, 1.54) is 34.8 Å². The molecular weight excluding hydrogens is 430 g/mol. The zero-order valence-electron chi connectivity index (χ0n) is 18.3. The number of amides is 1. The van der Waals surface area contributed by atoms with Gasteiger partial charge >= 0.3 is 0 Å². The molecule has 9 nitrogen and oxygen atoms in total. The first kappa shape index (κ1) is 22.1. The summed E-state index contributed by atoms with van der Waals surface area (Å²) in [6.45, 7) is 4.55. The first-order valence-electron chi connectivity index (χ1n) is 10.8. The molecule has 3 heterocycles. The molecule has 1 fully saturated rings. The summed E-state index contributed by atoms with van der Waals surface area (Å²) in [5.74, 6) is 0.860. The van der Waals surface area contributed by atoms with Crippen molar-refractivity contribution in [1.29, 1.82) is 0 Å². The molecule has 1 aromatic carbocycles. The van der Waals surface area contributed by atoms with Gasteiger partial charge in [-0.1, -0.05) is 30.2 Å². The summed E-state index contributed by atoms with van der Waals surface area (Å²) in [5.41, 5.74) is 0.569. The molecule has 2 aromatic heterocycles. The van der Waals surface area contributed by atoms with Gasteiger partial charge in [0.25, 0.3) is 11.5 Å². The lowest BCUT2D eigenvalue weighted by molar-refractivity contribution is 0.0943. The number of anilines is 1. The van der Waals surface area contributed by atoms with Crippen LogP contribution in [0.25, 0.3) is 4.96 Å². The van der Waals surface area contributed by atoms with Crippen LogP contribution in [0.3, 0.4) is 0 Å². The van der Waals surface area contributed by atoms with Crippen molar-refractivity contribution in [1.82, 2.24) is 19.9 Å². The molecule has 0 atom stereocenters. The van der Waals surface area contributed by atoms with Gasteiger partial charge in [0.2, 0.25) is 10.1 Å². The van der Waals surface area contributed by atoms with Gasteiger partial charge in [-0.2, -0.15) is 9.50 Å². The fourth-order valence-corrected chi connectivity index (χ4v) is 4.69. The van der Waals surface area contributed by atoms with E-state index in [1.54, 1.807) is 7.11 Å². The van der Waals surface area contributed by atoms with Crippen LogP contribution in [0.1, 0.15) is 48.7 Å². The van der Waals surface area contributed by atoms with E-state index in [9.17, 15) is 9.59 Å². The van der Waals surface area contributed by atoms with Crippen LogP contribution >= 0.6 is 11.3 Å². The van der Waals surface area contributed by atoms with E-state index in [0.29, 0.717) is 23.1 Å². The third kappa shape index (κ3) is 4.85. The second kappa shape index (κ2) is 9.99. The summed E-state index contributed by atoms with van der Waals surface area (Å²) in [4.78, 5) is 31.8. The number of methoxy groups -OCH3 is 1. The number of hydrogen-bond acceptors (Lipinski definition) is 8. The molecule has 0 spiro atoms. The highest BCUT2D eigenvalue weighted by molar-refractivity contribution is 7.20. The Balaban J connectivity index is 1.55. The minimum absolute atomic E-state index is 0.176. The number of carbonyl (C=O) groups excluding carboxylic acids is 1.